The topological polar surface area (TPSA) is 135 Å². The number of amides is 3. The molecule has 0 spiro atoms. The Kier molecular flexibility index (Phi) is 8.86. The van der Waals surface area contributed by atoms with E-state index in [-0.39, 0.29) is 17.7 Å². The molecule has 0 aliphatic carbocycles. The molecule has 2 aliphatic rings. The number of hydrogen-bond acceptors (Lipinski definition) is 9. The summed E-state index contributed by atoms with van der Waals surface area (Å²) in [6, 6.07) is 13.9. The molecule has 3 aromatic rings. The van der Waals surface area contributed by atoms with Gasteiger partial charge in [0.05, 0.1) is 28.7 Å². The number of anilines is 2. The number of nitrogens with one attached hydrogen (secondary N) is 2. The van der Waals surface area contributed by atoms with Crippen LogP contribution in [0.25, 0.3) is 0 Å². The van der Waals surface area contributed by atoms with Crippen LogP contribution in [0.1, 0.15) is 54.5 Å². The standard InChI is InChI=1S/C29H32N8O3S/c1-20-26(41-34-33-20)29(40)37-14-3-13-35(16-17-37)25-9-8-23(28(39)36-12-2-10-31-11-15-36)18-24(25)32-27(38)22-6-4-21(19-30)5-7-22/h4-9,18,31H,2-3,10-17H2,1H3,(H,32,38). The van der Waals surface area contributed by atoms with Gasteiger partial charge in [0.2, 0.25) is 0 Å². The van der Waals surface area contributed by atoms with E-state index < -0.39 is 0 Å². The van der Waals surface area contributed by atoms with Crippen molar-refractivity contribution in [2.24, 2.45) is 0 Å². The first kappa shape index (κ1) is 28.2. The molecule has 11 nitrogen and oxygen atoms in total. The second kappa shape index (κ2) is 12.9. The van der Waals surface area contributed by atoms with E-state index in [1.54, 1.807) is 37.3 Å². The van der Waals surface area contributed by atoms with E-state index in [2.05, 4.69) is 31.2 Å². The maximum absolute atomic E-state index is 13.4. The van der Waals surface area contributed by atoms with Crippen LogP contribution in [-0.4, -0.2) is 89.5 Å². The van der Waals surface area contributed by atoms with E-state index in [1.807, 2.05) is 21.9 Å². The predicted molar refractivity (Wildman–Crippen MR) is 156 cm³/mol. The van der Waals surface area contributed by atoms with Crippen molar-refractivity contribution in [2.75, 3.05) is 62.6 Å². The molecular weight excluding hydrogens is 540 g/mol. The SMILES string of the molecule is Cc1nnsc1C(=O)N1CCCN(c2ccc(C(=O)N3CCCNCC3)cc2NC(=O)c2ccc(C#N)cc2)CC1. The third-order valence-corrected chi connectivity index (χ3v) is 8.18. The highest BCUT2D eigenvalue weighted by atomic mass is 32.1. The average Bonchev–Trinajstić information content (AvgIpc) is 3.17. The van der Waals surface area contributed by atoms with E-state index in [1.165, 1.54) is 0 Å². The van der Waals surface area contributed by atoms with Crippen molar-refractivity contribution in [3.05, 3.63) is 69.7 Å². The van der Waals surface area contributed by atoms with Crippen molar-refractivity contribution in [1.82, 2.24) is 24.7 Å². The smallest absolute Gasteiger partial charge is 0.267 e. The van der Waals surface area contributed by atoms with Gasteiger partial charge >= 0.3 is 0 Å². The summed E-state index contributed by atoms with van der Waals surface area (Å²) in [6.07, 6.45) is 1.62. The summed E-state index contributed by atoms with van der Waals surface area (Å²) in [4.78, 5) is 46.2. The van der Waals surface area contributed by atoms with Crippen molar-refractivity contribution in [1.29, 1.82) is 5.26 Å². The van der Waals surface area contributed by atoms with Crippen LogP contribution in [0.2, 0.25) is 0 Å². The molecule has 1 aromatic heterocycles. The molecule has 5 rings (SSSR count). The van der Waals surface area contributed by atoms with E-state index in [9.17, 15) is 14.4 Å². The van der Waals surface area contributed by atoms with Gasteiger partial charge in [0.15, 0.2) is 0 Å². The van der Waals surface area contributed by atoms with Crippen molar-refractivity contribution in [2.45, 2.75) is 19.8 Å². The number of aryl methyl sites for hydroxylation is 1. The second-order valence-corrected chi connectivity index (χ2v) is 10.8. The van der Waals surface area contributed by atoms with Gasteiger partial charge < -0.3 is 25.3 Å². The minimum Gasteiger partial charge on any atom is -0.368 e. The van der Waals surface area contributed by atoms with Crippen LogP contribution < -0.4 is 15.5 Å². The predicted octanol–water partition coefficient (Wildman–Crippen LogP) is 2.76. The molecule has 41 heavy (non-hydrogen) atoms. The minimum absolute atomic E-state index is 0.0680. The lowest BCUT2D eigenvalue weighted by molar-refractivity contribution is 0.0760. The lowest BCUT2D eigenvalue weighted by Gasteiger charge is -2.27. The second-order valence-electron chi connectivity index (χ2n) is 10.1. The summed E-state index contributed by atoms with van der Waals surface area (Å²) in [5.74, 6) is -0.476. The number of rotatable bonds is 5. The largest absolute Gasteiger partial charge is 0.368 e. The maximum Gasteiger partial charge on any atom is 0.267 e. The molecule has 0 bridgehead atoms. The van der Waals surface area contributed by atoms with Crippen LogP contribution >= 0.6 is 11.5 Å². The van der Waals surface area contributed by atoms with Gasteiger partial charge in [0, 0.05) is 56.9 Å². The van der Waals surface area contributed by atoms with E-state index in [0.717, 1.165) is 43.2 Å². The summed E-state index contributed by atoms with van der Waals surface area (Å²) in [7, 11) is 0. The first-order valence-corrected chi connectivity index (χ1v) is 14.5. The third-order valence-electron chi connectivity index (χ3n) is 7.36. The summed E-state index contributed by atoms with van der Waals surface area (Å²) in [6.45, 7) is 7.03. The summed E-state index contributed by atoms with van der Waals surface area (Å²) < 4.78 is 3.90. The highest BCUT2D eigenvalue weighted by Crippen LogP contribution is 2.30. The molecule has 2 N–H and O–H groups in total. The molecule has 0 unspecified atom stereocenters. The fourth-order valence-corrected chi connectivity index (χ4v) is 5.72. The van der Waals surface area contributed by atoms with Gasteiger partial charge in [-0.2, -0.15) is 5.26 Å². The summed E-state index contributed by atoms with van der Waals surface area (Å²) in [5.41, 5.74) is 3.33. The Morgan fingerprint density at radius 3 is 2.41 bits per heavy atom. The molecule has 2 aromatic carbocycles. The summed E-state index contributed by atoms with van der Waals surface area (Å²) >= 11 is 1.11. The Bertz CT molecular complexity index is 1460. The Hall–Kier alpha value is -4.34. The summed E-state index contributed by atoms with van der Waals surface area (Å²) in [5, 5.41) is 19.4. The number of carbonyl (C=O) groups is 3. The van der Waals surface area contributed by atoms with Crippen LogP contribution in [0.5, 0.6) is 0 Å². The van der Waals surface area contributed by atoms with Crippen molar-refractivity contribution in [3.8, 4) is 6.07 Å². The average molecular weight is 573 g/mol. The van der Waals surface area contributed by atoms with Crippen molar-refractivity contribution >= 4 is 40.6 Å². The maximum atomic E-state index is 13.4. The number of benzene rings is 2. The molecule has 3 amide bonds. The zero-order valence-electron chi connectivity index (χ0n) is 22.9. The Labute approximate surface area is 242 Å². The van der Waals surface area contributed by atoms with Gasteiger partial charge in [-0.15, -0.1) is 5.10 Å². The van der Waals surface area contributed by atoms with Gasteiger partial charge in [0.25, 0.3) is 17.7 Å². The Morgan fingerprint density at radius 2 is 1.66 bits per heavy atom. The minimum atomic E-state index is -0.334. The molecule has 3 heterocycles. The highest BCUT2D eigenvalue weighted by molar-refractivity contribution is 7.07. The Morgan fingerprint density at radius 1 is 0.902 bits per heavy atom. The molecule has 2 aliphatic heterocycles. The lowest BCUT2D eigenvalue weighted by Crippen LogP contribution is -2.35. The quantitative estimate of drug-likeness (QED) is 0.477. The number of hydrogen-bond donors (Lipinski definition) is 2. The van der Waals surface area contributed by atoms with Gasteiger partial charge in [-0.25, -0.2) is 0 Å². The molecular formula is C29H32N8O3S. The zero-order chi connectivity index (χ0) is 28.8. The lowest BCUT2D eigenvalue weighted by atomic mass is 10.1. The van der Waals surface area contributed by atoms with Crippen LogP contribution in [0.3, 0.4) is 0 Å². The van der Waals surface area contributed by atoms with Crippen molar-refractivity contribution < 1.29 is 14.4 Å². The van der Waals surface area contributed by atoms with E-state index in [0.29, 0.717) is 72.2 Å². The van der Waals surface area contributed by atoms with Crippen LogP contribution in [0.15, 0.2) is 42.5 Å². The molecule has 12 heteroatoms. The van der Waals surface area contributed by atoms with E-state index in [4.69, 9.17) is 5.26 Å². The number of nitriles is 1. The van der Waals surface area contributed by atoms with Gasteiger partial charge in [0.1, 0.15) is 4.88 Å². The van der Waals surface area contributed by atoms with Gasteiger partial charge in [-0.3, -0.25) is 14.4 Å². The molecule has 212 valence electrons. The number of aromatic nitrogens is 2. The fraction of sp³-hybridized carbons (Fsp3) is 0.379. The normalized spacial score (nSPS) is 16.0. The third kappa shape index (κ3) is 6.53. The number of carbonyl (C=O) groups excluding carboxylic acids is 3. The zero-order valence-corrected chi connectivity index (χ0v) is 23.7. The number of nitrogens with zero attached hydrogens (tertiary/aromatic N) is 6. The molecule has 0 atom stereocenters. The molecule has 2 fully saturated rings. The van der Waals surface area contributed by atoms with E-state index >= 15 is 0 Å². The highest BCUT2D eigenvalue weighted by Gasteiger charge is 2.26. The van der Waals surface area contributed by atoms with Crippen molar-refractivity contribution in [3.63, 3.8) is 0 Å². The van der Waals surface area contributed by atoms with Crippen LogP contribution in [0.4, 0.5) is 11.4 Å². The molecule has 0 saturated carbocycles. The fourth-order valence-electron chi connectivity index (χ4n) is 5.10. The van der Waals surface area contributed by atoms with Crippen LogP contribution in [0, 0.1) is 18.3 Å². The van der Waals surface area contributed by atoms with Gasteiger partial charge in [-0.1, -0.05) is 4.49 Å². The first-order chi connectivity index (χ1) is 19.9. The Balaban J connectivity index is 1.40. The van der Waals surface area contributed by atoms with Gasteiger partial charge in [-0.05, 0) is 80.3 Å². The first-order valence-electron chi connectivity index (χ1n) is 13.7. The molecule has 2 saturated heterocycles. The van der Waals surface area contributed by atoms with Crippen LogP contribution in [-0.2, 0) is 0 Å². The molecule has 0 radical (unpaired) electrons. The monoisotopic (exact) mass is 572 g/mol.